The average molecular weight is 283 g/mol. The van der Waals surface area contributed by atoms with E-state index in [0.717, 1.165) is 6.54 Å². The van der Waals surface area contributed by atoms with Crippen LogP contribution in [-0.2, 0) is 6.54 Å². The Labute approximate surface area is 106 Å². The van der Waals surface area contributed by atoms with Crippen LogP contribution in [0.15, 0.2) is 22.7 Å². The van der Waals surface area contributed by atoms with Gasteiger partial charge >= 0.3 is 0 Å². The van der Waals surface area contributed by atoms with Crippen molar-refractivity contribution in [2.75, 3.05) is 33.2 Å². The van der Waals surface area contributed by atoms with Crippen molar-refractivity contribution in [3.63, 3.8) is 0 Å². The molecule has 0 bridgehead atoms. The van der Waals surface area contributed by atoms with Gasteiger partial charge in [0.05, 0.1) is 0 Å². The van der Waals surface area contributed by atoms with E-state index in [1.807, 2.05) is 0 Å². The molecule has 1 aliphatic rings. The normalized spacial score (nSPS) is 18.9. The van der Waals surface area contributed by atoms with E-state index >= 15 is 0 Å². The Bertz CT molecular complexity index is 357. The summed E-state index contributed by atoms with van der Waals surface area (Å²) in [6, 6.07) is 6.65. The molecule has 0 spiro atoms. The molecule has 0 aromatic heterocycles. The molecule has 1 aliphatic heterocycles. The molecule has 1 aromatic carbocycles. The molecule has 0 aliphatic carbocycles. The van der Waals surface area contributed by atoms with E-state index in [2.05, 4.69) is 57.9 Å². The van der Waals surface area contributed by atoms with E-state index in [1.54, 1.807) is 0 Å². The number of hydrogen-bond acceptors (Lipinski definition) is 2. The van der Waals surface area contributed by atoms with Crippen LogP contribution < -0.4 is 0 Å². The monoisotopic (exact) mass is 282 g/mol. The van der Waals surface area contributed by atoms with Crippen LogP contribution in [0.1, 0.15) is 11.1 Å². The summed E-state index contributed by atoms with van der Waals surface area (Å²) in [6.45, 7) is 7.99. The van der Waals surface area contributed by atoms with E-state index in [9.17, 15) is 0 Å². The van der Waals surface area contributed by atoms with Crippen molar-refractivity contribution in [2.24, 2.45) is 0 Å². The molecule has 0 atom stereocenters. The van der Waals surface area contributed by atoms with Gasteiger partial charge < -0.3 is 4.90 Å². The Morgan fingerprint density at radius 3 is 2.50 bits per heavy atom. The summed E-state index contributed by atoms with van der Waals surface area (Å²) in [6.07, 6.45) is 0. The predicted octanol–water partition coefficient (Wildman–Crippen LogP) is 2.50. The Morgan fingerprint density at radius 1 is 1.19 bits per heavy atom. The summed E-state index contributed by atoms with van der Waals surface area (Å²) < 4.78 is 1.20. The standard InChI is InChI=1S/C13H19BrN2/c1-11-9-12(3-4-13(11)14)10-16-7-5-15(2)6-8-16/h3-4,9H,5-8,10H2,1-2H3. The quantitative estimate of drug-likeness (QED) is 0.823. The fourth-order valence-corrected chi connectivity index (χ4v) is 2.32. The van der Waals surface area contributed by atoms with Gasteiger partial charge in [-0.3, -0.25) is 4.90 Å². The maximum atomic E-state index is 3.54. The van der Waals surface area contributed by atoms with Gasteiger partial charge in [-0.1, -0.05) is 28.1 Å². The summed E-state index contributed by atoms with van der Waals surface area (Å²) in [5.74, 6) is 0. The zero-order chi connectivity index (χ0) is 11.5. The molecule has 2 rings (SSSR count). The predicted molar refractivity (Wildman–Crippen MR) is 71.7 cm³/mol. The van der Waals surface area contributed by atoms with Crippen molar-refractivity contribution < 1.29 is 0 Å². The van der Waals surface area contributed by atoms with Crippen LogP contribution in [0.25, 0.3) is 0 Å². The minimum Gasteiger partial charge on any atom is -0.304 e. The van der Waals surface area contributed by atoms with Crippen molar-refractivity contribution in [1.29, 1.82) is 0 Å². The number of piperazine rings is 1. The zero-order valence-corrected chi connectivity index (χ0v) is 11.6. The van der Waals surface area contributed by atoms with Crippen LogP contribution in [0.2, 0.25) is 0 Å². The molecular weight excluding hydrogens is 264 g/mol. The van der Waals surface area contributed by atoms with Gasteiger partial charge in [-0.2, -0.15) is 0 Å². The molecule has 0 amide bonds. The molecule has 0 saturated carbocycles. The number of likely N-dealkylation sites (N-methyl/N-ethyl adjacent to an activating group) is 1. The summed E-state index contributed by atoms with van der Waals surface area (Å²) >= 11 is 3.54. The lowest BCUT2D eigenvalue weighted by Crippen LogP contribution is -2.43. The van der Waals surface area contributed by atoms with E-state index in [0.29, 0.717) is 0 Å². The first-order chi connectivity index (χ1) is 7.65. The molecule has 1 saturated heterocycles. The number of aryl methyl sites for hydroxylation is 1. The summed E-state index contributed by atoms with van der Waals surface area (Å²) in [5.41, 5.74) is 2.75. The molecule has 16 heavy (non-hydrogen) atoms. The Hall–Kier alpha value is -0.380. The largest absolute Gasteiger partial charge is 0.304 e. The van der Waals surface area contributed by atoms with E-state index in [-0.39, 0.29) is 0 Å². The summed E-state index contributed by atoms with van der Waals surface area (Å²) in [4.78, 5) is 4.92. The van der Waals surface area contributed by atoms with Crippen molar-refractivity contribution in [3.05, 3.63) is 33.8 Å². The van der Waals surface area contributed by atoms with E-state index in [4.69, 9.17) is 0 Å². The lowest BCUT2D eigenvalue weighted by Gasteiger charge is -2.32. The topological polar surface area (TPSA) is 6.48 Å². The first-order valence-corrected chi connectivity index (χ1v) is 6.60. The van der Waals surface area contributed by atoms with Crippen LogP contribution in [0, 0.1) is 6.92 Å². The zero-order valence-electron chi connectivity index (χ0n) is 10.0. The van der Waals surface area contributed by atoms with Gasteiger partial charge in [-0.15, -0.1) is 0 Å². The Morgan fingerprint density at radius 2 is 1.88 bits per heavy atom. The Balaban J connectivity index is 1.96. The molecule has 1 heterocycles. The molecule has 2 nitrogen and oxygen atoms in total. The third-order valence-electron chi connectivity index (χ3n) is 3.22. The molecule has 3 heteroatoms. The number of rotatable bonds is 2. The maximum absolute atomic E-state index is 3.54. The highest BCUT2D eigenvalue weighted by molar-refractivity contribution is 9.10. The molecule has 0 radical (unpaired) electrons. The Kier molecular flexibility index (Phi) is 4.00. The number of benzene rings is 1. The van der Waals surface area contributed by atoms with Crippen LogP contribution in [0.3, 0.4) is 0 Å². The van der Waals surface area contributed by atoms with Gasteiger partial charge in [0.2, 0.25) is 0 Å². The SMILES string of the molecule is Cc1cc(CN2CCN(C)CC2)ccc1Br. The fraction of sp³-hybridized carbons (Fsp3) is 0.538. The smallest absolute Gasteiger partial charge is 0.0234 e. The van der Waals surface area contributed by atoms with Crippen molar-refractivity contribution in [1.82, 2.24) is 9.80 Å². The fourth-order valence-electron chi connectivity index (χ4n) is 2.07. The molecule has 0 unspecified atom stereocenters. The van der Waals surface area contributed by atoms with Gasteiger partial charge in [0.15, 0.2) is 0 Å². The number of nitrogens with zero attached hydrogens (tertiary/aromatic N) is 2. The second kappa shape index (κ2) is 5.30. The van der Waals surface area contributed by atoms with Crippen molar-refractivity contribution in [3.8, 4) is 0 Å². The molecule has 1 fully saturated rings. The highest BCUT2D eigenvalue weighted by Gasteiger charge is 2.13. The second-order valence-electron chi connectivity index (χ2n) is 4.66. The first-order valence-electron chi connectivity index (χ1n) is 5.81. The van der Waals surface area contributed by atoms with Gasteiger partial charge in [-0.25, -0.2) is 0 Å². The summed E-state index contributed by atoms with van der Waals surface area (Å²) in [7, 11) is 2.20. The number of hydrogen-bond donors (Lipinski definition) is 0. The third-order valence-corrected chi connectivity index (χ3v) is 4.11. The maximum Gasteiger partial charge on any atom is 0.0234 e. The van der Waals surface area contributed by atoms with Gasteiger partial charge in [0, 0.05) is 37.2 Å². The van der Waals surface area contributed by atoms with Crippen molar-refractivity contribution >= 4 is 15.9 Å². The third kappa shape index (κ3) is 3.06. The highest BCUT2D eigenvalue weighted by Crippen LogP contribution is 2.18. The lowest BCUT2D eigenvalue weighted by atomic mass is 10.1. The van der Waals surface area contributed by atoms with Crippen LogP contribution in [0.5, 0.6) is 0 Å². The summed E-state index contributed by atoms with van der Waals surface area (Å²) in [5, 5.41) is 0. The van der Waals surface area contributed by atoms with Crippen LogP contribution in [0.4, 0.5) is 0 Å². The van der Waals surface area contributed by atoms with Crippen molar-refractivity contribution in [2.45, 2.75) is 13.5 Å². The van der Waals surface area contributed by atoms with Crippen LogP contribution in [-0.4, -0.2) is 43.0 Å². The molecule has 1 aromatic rings. The lowest BCUT2D eigenvalue weighted by molar-refractivity contribution is 0.148. The average Bonchev–Trinajstić information content (AvgIpc) is 2.27. The van der Waals surface area contributed by atoms with Gasteiger partial charge in [-0.05, 0) is 31.2 Å². The minimum atomic E-state index is 1.09. The molecular formula is C13H19BrN2. The molecule has 88 valence electrons. The van der Waals surface area contributed by atoms with E-state index < -0.39 is 0 Å². The first kappa shape index (κ1) is 12.1. The van der Waals surface area contributed by atoms with Gasteiger partial charge in [0.1, 0.15) is 0 Å². The minimum absolute atomic E-state index is 1.09. The van der Waals surface area contributed by atoms with Gasteiger partial charge in [0.25, 0.3) is 0 Å². The highest BCUT2D eigenvalue weighted by atomic mass is 79.9. The van der Waals surface area contributed by atoms with E-state index in [1.165, 1.54) is 41.8 Å². The second-order valence-corrected chi connectivity index (χ2v) is 5.52. The number of halogens is 1. The molecule has 0 N–H and O–H groups in total. The van der Waals surface area contributed by atoms with Crippen LogP contribution >= 0.6 is 15.9 Å².